The minimum atomic E-state index is 0.0902. The number of ether oxygens (including phenoxy) is 2. The van der Waals surface area contributed by atoms with Gasteiger partial charge in [0.15, 0.2) is 11.5 Å². The molecule has 21 heavy (non-hydrogen) atoms. The molecule has 0 saturated heterocycles. The fraction of sp³-hybridized carbons (Fsp3) is 0.467. The Morgan fingerprint density at radius 2 is 2.00 bits per heavy atom. The molecule has 0 bridgehead atoms. The molecule has 1 aromatic carbocycles. The number of amides is 1. The number of carbonyl (C=O) groups excluding carboxylic acids is 1. The molecule has 116 valence electrons. The molecule has 5 nitrogen and oxygen atoms in total. The Bertz CT molecular complexity index is 504. The third-order valence-electron chi connectivity index (χ3n) is 2.82. The van der Waals surface area contributed by atoms with E-state index in [4.69, 9.17) is 27.4 Å². The first-order valence-corrected chi connectivity index (χ1v) is 7.26. The molecule has 0 unspecified atom stereocenters. The van der Waals surface area contributed by atoms with Gasteiger partial charge in [-0.05, 0) is 31.5 Å². The van der Waals surface area contributed by atoms with Gasteiger partial charge in [0, 0.05) is 26.1 Å². The van der Waals surface area contributed by atoms with Crippen molar-refractivity contribution < 1.29 is 14.3 Å². The fourth-order valence-electron chi connectivity index (χ4n) is 1.68. The van der Waals surface area contributed by atoms with Crippen molar-refractivity contribution in [3.63, 3.8) is 0 Å². The van der Waals surface area contributed by atoms with E-state index in [2.05, 4.69) is 0 Å². The minimum Gasteiger partial charge on any atom is -0.490 e. The second-order valence-electron chi connectivity index (χ2n) is 4.70. The van der Waals surface area contributed by atoms with Crippen molar-refractivity contribution in [2.75, 3.05) is 27.3 Å². The van der Waals surface area contributed by atoms with Crippen LogP contribution in [0.5, 0.6) is 11.5 Å². The van der Waals surface area contributed by atoms with E-state index in [1.165, 1.54) is 0 Å². The number of hydrogen-bond donors (Lipinski definition) is 1. The lowest BCUT2D eigenvalue weighted by Gasteiger charge is -2.14. The van der Waals surface area contributed by atoms with Crippen LogP contribution in [-0.4, -0.2) is 43.1 Å². The van der Waals surface area contributed by atoms with Crippen LogP contribution in [-0.2, 0) is 4.79 Å². The van der Waals surface area contributed by atoms with Crippen molar-refractivity contribution in [2.45, 2.75) is 19.8 Å². The van der Waals surface area contributed by atoms with Crippen LogP contribution in [0.3, 0.4) is 0 Å². The zero-order valence-electron chi connectivity index (χ0n) is 12.7. The van der Waals surface area contributed by atoms with E-state index in [0.717, 1.165) is 5.56 Å². The van der Waals surface area contributed by atoms with Crippen LogP contribution in [0.1, 0.15) is 25.3 Å². The first-order valence-electron chi connectivity index (χ1n) is 6.85. The molecule has 0 heterocycles. The zero-order chi connectivity index (χ0) is 15.8. The van der Waals surface area contributed by atoms with Crippen molar-refractivity contribution in [3.05, 3.63) is 23.8 Å². The summed E-state index contributed by atoms with van der Waals surface area (Å²) in [5.41, 5.74) is 6.34. The van der Waals surface area contributed by atoms with E-state index in [9.17, 15) is 4.79 Å². The standard InChI is InChI=1S/C15H22N2O3S/c1-4-19-13-10-11(15(16)21)7-8-12(13)20-9-5-6-14(18)17(2)3/h7-8,10H,4-6,9H2,1-3H3,(H2,16,21). The lowest BCUT2D eigenvalue weighted by molar-refractivity contribution is -0.128. The van der Waals surface area contributed by atoms with Crippen LogP contribution < -0.4 is 15.2 Å². The van der Waals surface area contributed by atoms with Gasteiger partial charge >= 0.3 is 0 Å². The highest BCUT2D eigenvalue weighted by Crippen LogP contribution is 2.28. The van der Waals surface area contributed by atoms with Crippen molar-refractivity contribution in [3.8, 4) is 11.5 Å². The molecule has 0 fully saturated rings. The van der Waals surface area contributed by atoms with Gasteiger partial charge in [0.25, 0.3) is 0 Å². The molecule has 2 N–H and O–H groups in total. The molecule has 0 radical (unpaired) electrons. The third kappa shape index (κ3) is 5.59. The molecule has 0 aliphatic rings. The maximum absolute atomic E-state index is 11.5. The van der Waals surface area contributed by atoms with Crippen molar-refractivity contribution in [1.82, 2.24) is 4.90 Å². The van der Waals surface area contributed by atoms with Crippen LogP contribution in [0, 0.1) is 0 Å². The molecular weight excluding hydrogens is 288 g/mol. The van der Waals surface area contributed by atoms with E-state index in [-0.39, 0.29) is 5.91 Å². The van der Waals surface area contributed by atoms with E-state index < -0.39 is 0 Å². The summed E-state index contributed by atoms with van der Waals surface area (Å²) in [4.78, 5) is 13.4. The zero-order valence-corrected chi connectivity index (χ0v) is 13.5. The summed E-state index contributed by atoms with van der Waals surface area (Å²) in [6, 6.07) is 5.35. The molecule has 0 atom stereocenters. The largest absolute Gasteiger partial charge is 0.490 e. The lowest BCUT2D eigenvalue weighted by Crippen LogP contribution is -2.21. The predicted octanol–water partition coefficient (Wildman–Crippen LogP) is 1.97. The van der Waals surface area contributed by atoms with Crippen LogP contribution in [0.4, 0.5) is 0 Å². The molecule has 0 aromatic heterocycles. The summed E-state index contributed by atoms with van der Waals surface area (Å²) in [5, 5.41) is 0. The van der Waals surface area contributed by atoms with Gasteiger partial charge in [-0.1, -0.05) is 12.2 Å². The Hall–Kier alpha value is -1.82. The highest BCUT2D eigenvalue weighted by Gasteiger charge is 2.09. The van der Waals surface area contributed by atoms with Gasteiger partial charge in [0.05, 0.1) is 13.2 Å². The summed E-state index contributed by atoms with van der Waals surface area (Å²) in [6.45, 7) is 2.87. The molecule has 0 aliphatic carbocycles. The topological polar surface area (TPSA) is 64.8 Å². The normalized spacial score (nSPS) is 10.0. The molecule has 0 saturated carbocycles. The molecule has 1 aromatic rings. The number of nitrogens with two attached hydrogens (primary N) is 1. The van der Waals surface area contributed by atoms with Crippen molar-refractivity contribution >= 4 is 23.1 Å². The van der Waals surface area contributed by atoms with Gasteiger partial charge in [0.1, 0.15) is 4.99 Å². The Labute approximate surface area is 131 Å². The van der Waals surface area contributed by atoms with Gasteiger partial charge in [0.2, 0.25) is 5.91 Å². The number of carbonyl (C=O) groups is 1. The maximum Gasteiger partial charge on any atom is 0.222 e. The Kier molecular flexibility index (Phi) is 6.94. The van der Waals surface area contributed by atoms with E-state index >= 15 is 0 Å². The predicted molar refractivity (Wildman–Crippen MR) is 86.9 cm³/mol. The summed E-state index contributed by atoms with van der Waals surface area (Å²) in [6.07, 6.45) is 1.11. The summed E-state index contributed by atoms with van der Waals surface area (Å²) in [7, 11) is 3.48. The molecular formula is C15H22N2O3S. The number of thiocarbonyl (C=S) groups is 1. The first-order chi connectivity index (χ1) is 9.95. The Morgan fingerprint density at radius 3 is 2.57 bits per heavy atom. The highest BCUT2D eigenvalue weighted by molar-refractivity contribution is 7.80. The summed E-state index contributed by atoms with van der Waals surface area (Å²) < 4.78 is 11.2. The maximum atomic E-state index is 11.5. The van der Waals surface area contributed by atoms with Gasteiger partial charge < -0.3 is 20.1 Å². The number of benzene rings is 1. The average Bonchev–Trinajstić information content (AvgIpc) is 2.44. The first kappa shape index (κ1) is 17.2. The highest BCUT2D eigenvalue weighted by atomic mass is 32.1. The number of hydrogen-bond acceptors (Lipinski definition) is 4. The second kappa shape index (κ2) is 8.46. The molecule has 1 rings (SSSR count). The van der Waals surface area contributed by atoms with E-state index in [0.29, 0.717) is 42.5 Å². The summed E-state index contributed by atoms with van der Waals surface area (Å²) in [5.74, 6) is 1.34. The van der Waals surface area contributed by atoms with E-state index in [1.54, 1.807) is 37.2 Å². The van der Waals surface area contributed by atoms with Gasteiger partial charge in [-0.15, -0.1) is 0 Å². The minimum absolute atomic E-state index is 0.0902. The van der Waals surface area contributed by atoms with Gasteiger partial charge in [-0.2, -0.15) is 0 Å². The Morgan fingerprint density at radius 1 is 1.29 bits per heavy atom. The summed E-state index contributed by atoms with van der Waals surface area (Å²) >= 11 is 4.95. The third-order valence-corrected chi connectivity index (χ3v) is 3.06. The lowest BCUT2D eigenvalue weighted by atomic mass is 10.2. The monoisotopic (exact) mass is 310 g/mol. The Balaban J connectivity index is 2.61. The SMILES string of the molecule is CCOc1cc(C(N)=S)ccc1OCCCC(=O)N(C)C. The quantitative estimate of drug-likeness (QED) is 0.587. The molecule has 1 amide bonds. The molecule has 6 heteroatoms. The average molecular weight is 310 g/mol. The van der Waals surface area contributed by atoms with Crippen molar-refractivity contribution in [2.24, 2.45) is 5.73 Å². The fourth-order valence-corrected chi connectivity index (χ4v) is 1.80. The molecule has 0 spiro atoms. The van der Waals surface area contributed by atoms with Crippen LogP contribution in [0.25, 0.3) is 0 Å². The smallest absolute Gasteiger partial charge is 0.222 e. The second-order valence-corrected chi connectivity index (χ2v) is 5.14. The van der Waals surface area contributed by atoms with Crippen molar-refractivity contribution in [1.29, 1.82) is 0 Å². The number of nitrogens with zero attached hydrogens (tertiary/aromatic N) is 1. The van der Waals surface area contributed by atoms with E-state index in [1.807, 2.05) is 6.92 Å². The van der Waals surface area contributed by atoms with Crippen LogP contribution >= 0.6 is 12.2 Å². The van der Waals surface area contributed by atoms with Crippen LogP contribution in [0.2, 0.25) is 0 Å². The van der Waals surface area contributed by atoms with Crippen LogP contribution in [0.15, 0.2) is 18.2 Å². The van der Waals surface area contributed by atoms with Gasteiger partial charge in [-0.25, -0.2) is 0 Å². The molecule has 0 aliphatic heterocycles. The van der Waals surface area contributed by atoms with Gasteiger partial charge in [-0.3, -0.25) is 4.79 Å². The number of rotatable bonds is 8.